The minimum Gasteiger partial charge on any atom is -0.456 e. The van der Waals surface area contributed by atoms with Crippen LogP contribution in [0.3, 0.4) is 0 Å². The SMILES string of the molecule is c1ccc(-c2nc(-c3ccc4c(c3)sc3ccccc34)nc(-c3cccc4oc5ccc(-c6ccc7c8ccccc8n(-c8ccccc8)c7c6)cc5c34)n2)cc1. The van der Waals surface area contributed by atoms with Gasteiger partial charge in [-0.2, -0.15) is 0 Å². The van der Waals surface area contributed by atoms with Gasteiger partial charge in [-0.15, -0.1) is 11.3 Å². The number of fused-ring (bicyclic) bond motifs is 9. The number of benzene rings is 8. The van der Waals surface area contributed by atoms with Gasteiger partial charge in [0, 0.05) is 64.1 Å². The zero-order valence-electron chi connectivity index (χ0n) is 30.4. The van der Waals surface area contributed by atoms with Crippen LogP contribution in [0.25, 0.3) is 115 Å². The Kier molecular flexibility index (Phi) is 7.03. The summed E-state index contributed by atoms with van der Waals surface area (Å²) in [5.41, 5.74) is 10.1. The van der Waals surface area contributed by atoms with E-state index < -0.39 is 0 Å². The summed E-state index contributed by atoms with van der Waals surface area (Å²) in [6.07, 6.45) is 0. The second-order valence-electron chi connectivity index (χ2n) is 14.4. The first kappa shape index (κ1) is 31.9. The van der Waals surface area contributed by atoms with Gasteiger partial charge in [-0.25, -0.2) is 15.0 Å². The van der Waals surface area contributed by atoms with E-state index in [0.717, 1.165) is 61.0 Å². The van der Waals surface area contributed by atoms with Gasteiger partial charge in [0.25, 0.3) is 0 Å². The molecular formula is C51H30N4OS. The van der Waals surface area contributed by atoms with Gasteiger partial charge in [0.1, 0.15) is 11.2 Å². The predicted molar refractivity (Wildman–Crippen MR) is 236 cm³/mol. The third-order valence-electron chi connectivity index (χ3n) is 11.1. The van der Waals surface area contributed by atoms with Gasteiger partial charge in [-0.1, -0.05) is 127 Å². The number of hydrogen-bond acceptors (Lipinski definition) is 5. The van der Waals surface area contributed by atoms with Crippen molar-refractivity contribution in [1.29, 1.82) is 0 Å². The minimum atomic E-state index is 0.600. The average Bonchev–Trinajstić information content (AvgIpc) is 3.95. The molecule has 0 bridgehead atoms. The van der Waals surface area contributed by atoms with Crippen LogP contribution in [0, 0.1) is 0 Å². The molecule has 0 aliphatic rings. The molecule has 5 nitrogen and oxygen atoms in total. The smallest absolute Gasteiger partial charge is 0.164 e. The lowest BCUT2D eigenvalue weighted by Gasteiger charge is -2.10. The van der Waals surface area contributed by atoms with Crippen molar-refractivity contribution < 1.29 is 4.42 Å². The van der Waals surface area contributed by atoms with E-state index in [9.17, 15) is 0 Å². The van der Waals surface area contributed by atoms with Crippen LogP contribution in [-0.4, -0.2) is 19.5 Å². The minimum absolute atomic E-state index is 0.600. The lowest BCUT2D eigenvalue weighted by molar-refractivity contribution is 0.669. The second kappa shape index (κ2) is 12.6. The van der Waals surface area contributed by atoms with Crippen molar-refractivity contribution in [3.63, 3.8) is 0 Å². The average molecular weight is 747 g/mol. The van der Waals surface area contributed by atoms with Gasteiger partial charge in [-0.05, 0) is 65.7 Å². The lowest BCUT2D eigenvalue weighted by atomic mass is 9.99. The molecule has 0 aliphatic heterocycles. The van der Waals surface area contributed by atoms with Gasteiger partial charge in [0.05, 0.1) is 11.0 Å². The molecule has 6 heteroatoms. The van der Waals surface area contributed by atoms with Gasteiger partial charge >= 0.3 is 0 Å². The molecule has 12 aromatic rings. The highest BCUT2D eigenvalue weighted by atomic mass is 32.1. The topological polar surface area (TPSA) is 56.7 Å². The maximum Gasteiger partial charge on any atom is 0.164 e. The summed E-state index contributed by atoms with van der Waals surface area (Å²) in [5.74, 6) is 1.85. The van der Waals surface area contributed by atoms with Crippen LogP contribution in [0.15, 0.2) is 186 Å². The largest absolute Gasteiger partial charge is 0.456 e. The van der Waals surface area contributed by atoms with Crippen molar-refractivity contribution in [3.05, 3.63) is 182 Å². The number of rotatable bonds is 5. The van der Waals surface area contributed by atoms with Crippen LogP contribution in [0.5, 0.6) is 0 Å². The molecule has 57 heavy (non-hydrogen) atoms. The molecule has 12 rings (SSSR count). The van der Waals surface area contributed by atoms with Crippen molar-refractivity contribution in [2.24, 2.45) is 0 Å². The summed E-state index contributed by atoms with van der Waals surface area (Å²) in [4.78, 5) is 15.4. The summed E-state index contributed by atoms with van der Waals surface area (Å²) in [6, 6.07) is 63.9. The highest BCUT2D eigenvalue weighted by molar-refractivity contribution is 7.25. The number of furan rings is 1. The van der Waals surface area contributed by atoms with E-state index in [-0.39, 0.29) is 0 Å². The monoisotopic (exact) mass is 746 g/mol. The standard InChI is InChI=1S/C51H30N4OS/c1-3-12-31(13-4-1)49-52-50(34-23-26-39-38-17-8-10-21-46(38)57-47(39)30-34)54-51(53-49)40-18-11-20-45-48(40)41-28-32(24-27-44(41)56-45)33-22-25-37-36-16-7-9-19-42(36)55(43(37)29-33)35-14-5-2-6-15-35/h1-30H. The fourth-order valence-electron chi connectivity index (χ4n) is 8.40. The molecule has 0 saturated carbocycles. The fraction of sp³-hybridized carbons (Fsp3) is 0. The van der Waals surface area contributed by atoms with Gasteiger partial charge in [0.15, 0.2) is 17.5 Å². The molecule has 0 spiro atoms. The predicted octanol–water partition coefficient (Wildman–Crippen LogP) is 13.9. The maximum atomic E-state index is 6.53. The van der Waals surface area contributed by atoms with Crippen molar-refractivity contribution >= 4 is 75.3 Å². The second-order valence-corrected chi connectivity index (χ2v) is 15.5. The number of nitrogens with zero attached hydrogens (tertiary/aromatic N) is 4. The molecule has 266 valence electrons. The normalized spacial score (nSPS) is 11.9. The highest BCUT2D eigenvalue weighted by Gasteiger charge is 2.20. The van der Waals surface area contributed by atoms with Crippen LogP contribution in [-0.2, 0) is 0 Å². The number of thiophene rings is 1. The van der Waals surface area contributed by atoms with Crippen molar-refractivity contribution in [2.75, 3.05) is 0 Å². The Morgan fingerprint density at radius 3 is 1.91 bits per heavy atom. The van der Waals surface area contributed by atoms with E-state index in [1.807, 2.05) is 42.5 Å². The Labute approximate surface area is 330 Å². The lowest BCUT2D eigenvalue weighted by Crippen LogP contribution is -2.00. The molecular weight excluding hydrogens is 717 g/mol. The van der Waals surface area contributed by atoms with E-state index in [0.29, 0.717) is 17.5 Å². The number of hydrogen-bond donors (Lipinski definition) is 0. The molecule has 0 atom stereocenters. The molecule has 0 unspecified atom stereocenters. The third kappa shape index (κ3) is 5.12. The molecule has 0 N–H and O–H groups in total. The molecule has 4 aromatic heterocycles. The van der Waals surface area contributed by atoms with Gasteiger partial charge in [0.2, 0.25) is 0 Å². The van der Waals surface area contributed by atoms with Crippen LogP contribution in [0.4, 0.5) is 0 Å². The molecule has 0 fully saturated rings. The first-order chi connectivity index (χ1) is 28.2. The molecule has 0 radical (unpaired) electrons. The first-order valence-corrected chi connectivity index (χ1v) is 19.8. The Balaban J connectivity index is 1.04. The summed E-state index contributed by atoms with van der Waals surface area (Å²) < 4.78 is 11.4. The summed E-state index contributed by atoms with van der Waals surface area (Å²) in [7, 11) is 0. The maximum absolute atomic E-state index is 6.53. The third-order valence-corrected chi connectivity index (χ3v) is 12.2. The van der Waals surface area contributed by atoms with Gasteiger partial charge < -0.3 is 8.98 Å². The Hall–Kier alpha value is -7.41. The summed E-state index contributed by atoms with van der Waals surface area (Å²) >= 11 is 1.79. The molecule has 8 aromatic carbocycles. The van der Waals surface area contributed by atoms with Crippen LogP contribution >= 0.6 is 11.3 Å². The van der Waals surface area contributed by atoms with E-state index in [4.69, 9.17) is 19.4 Å². The fourth-order valence-corrected chi connectivity index (χ4v) is 9.55. The summed E-state index contributed by atoms with van der Waals surface area (Å²) in [5, 5.41) is 6.95. The van der Waals surface area contributed by atoms with Gasteiger partial charge in [-0.3, -0.25) is 0 Å². The van der Waals surface area contributed by atoms with Crippen molar-refractivity contribution in [1.82, 2.24) is 19.5 Å². The summed E-state index contributed by atoms with van der Waals surface area (Å²) in [6.45, 7) is 0. The number of para-hydroxylation sites is 2. The Morgan fingerprint density at radius 1 is 0.386 bits per heavy atom. The number of aromatic nitrogens is 4. The van der Waals surface area contributed by atoms with Crippen molar-refractivity contribution in [3.8, 4) is 51.0 Å². The quantitative estimate of drug-likeness (QED) is 0.176. The van der Waals surface area contributed by atoms with Crippen LogP contribution in [0.1, 0.15) is 0 Å². The zero-order valence-corrected chi connectivity index (χ0v) is 31.2. The Bertz CT molecular complexity index is 3530. The molecule has 4 heterocycles. The van der Waals surface area contributed by atoms with E-state index in [1.54, 1.807) is 11.3 Å². The molecule has 0 saturated heterocycles. The Morgan fingerprint density at radius 2 is 1.04 bits per heavy atom. The van der Waals surface area contributed by atoms with Crippen molar-refractivity contribution in [2.45, 2.75) is 0 Å². The van der Waals surface area contributed by atoms with E-state index in [2.05, 4.69) is 144 Å². The van der Waals surface area contributed by atoms with Crippen LogP contribution < -0.4 is 0 Å². The van der Waals surface area contributed by atoms with Crippen LogP contribution in [0.2, 0.25) is 0 Å². The molecule has 0 amide bonds. The van der Waals surface area contributed by atoms with E-state index in [1.165, 1.54) is 36.5 Å². The zero-order chi connectivity index (χ0) is 37.5. The molecule has 0 aliphatic carbocycles. The highest BCUT2D eigenvalue weighted by Crippen LogP contribution is 2.41. The van der Waals surface area contributed by atoms with E-state index >= 15 is 0 Å². The first-order valence-electron chi connectivity index (χ1n) is 19.0.